The summed E-state index contributed by atoms with van der Waals surface area (Å²) in [6.07, 6.45) is -0.463. The molecule has 1 aliphatic heterocycles. The van der Waals surface area contributed by atoms with Gasteiger partial charge in [-0.05, 0) is 17.7 Å². The molecule has 124 valence electrons. The number of fused-ring (bicyclic) bond motifs is 1. The van der Waals surface area contributed by atoms with Crippen LogP contribution in [0.5, 0.6) is 0 Å². The molecule has 0 aromatic heterocycles. The second-order valence-corrected chi connectivity index (χ2v) is 5.22. The first kappa shape index (κ1) is 16.3. The van der Waals surface area contributed by atoms with E-state index in [1.165, 1.54) is 7.11 Å². The zero-order chi connectivity index (χ0) is 16.9. The van der Waals surface area contributed by atoms with Crippen LogP contribution in [0.2, 0.25) is 0 Å². The predicted molar refractivity (Wildman–Crippen MR) is 85.0 cm³/mol. The second-order valence-electron chi connectivity index (χ2n) is 5.22. The van der Waals surface area contributed by atoms with Crippen molar-refractivity contribution in [2.75, 3.05) is 20.5 Å². The molecule has 0 unspecified atom stereocenters. The fourth-order valence-corrected chi connectivity index (χ4v) is 2.49. The SMILES string of the molecule is COCO[C@@H](CON1C(=O)c2ccccc2C1=O)c1ccccc1. The molecule has 6 heteroatoms. The number of hydrogen-bond donors (Lipinski definition) is 0. The van der Waals surface area contributed by atoms with E-state index in [-0.39, 0.29) is 13.4 Å². The van der Waals surface area contributed by atoms with Crippen LogP contribution in [-0.2, 0) is 14.3 Å². The largest absolute Gasteiger partial charge is 0.359 e. The van der Waals surface area contributed by atoms with Gasteiger partial charge < -0.3 is 9.47 Å². The molecule has 2 aromatic carbocycles. The molecule has 0 bridgehead atoms. The van der Waals surface area contributed by atoms with E-state index < -0.39 is 17.9 Å². The van der Waals surface area contributed by atoms with Gasteiger partial charge in [0.05, 0.1) is 11.1 Å². The molecular formula is C18H17NO5. The fourth-order valence-electron chi connectivity index (χ4n) is 2.49. The van der Waals surface area contributed by atoms with Crippen molar-refractivity contribution >= 4 is 11.8 Å². The lowest BCUT2D eigenvalue weighted by molar-refractivity contribution is -0.151. The third kappa shape index (κ3) is 3.21. The average Bonchev–Trinajstić information content (AvgIpc) is 2.87. The molecule has 0 aliphatic carbocycles. The summed E-state index contributed by atoms with van der Waals surface area (Å²) in [6, 6.07) is 16.0. The molecule has 6 nitrogen and oxygen atoms in total. The molecule has 0 fully saturated rings. The van der Waals surface area contributed by atoms with Gasteiger partial charge in [0.15, 0.2) is 0 Å². The summed E-state index contributed by atoms with van der Waals surface area (Å²) in [6.45, 7) is 0.0872. The first-order valence-corrected chi connectivity index (χ1v) is 7.48. The van der Waals surface area contributed by atoms with E-state index in [1.54, 1.807) is 24.3 Å². The zero-order valence-electron chi connectivity index (χ0n) is 13.2. The van der Waals surface area contributed by atoms with E-state index >= 15 is 0 Å². The number of amides is 2. The first-order valence-electron chi connectivity index (χ1n) is 7.48. The van der Waals surface area contributed by atoms with Gasteiger partial charge in [-0.3, -0.25) is 14.4 Å². The van der Waals surface area contributed by atoms with Crippen molar-refractivity contribution in [1.29, 1.82) is 0 Å². The second kappa shape index (κ2) is 7.35. The van der Waals surface area contributed by atoms with Crippen LogP contribution in [0.15, 0.2) is 54.6 Å². The number of nitrogens with zero attached hydrogens (tertiary/aromatic N) is 1. The first-order chi connectivity index (χ1) is 11.7. The Morgan fingerprint density at radius 3 is 2.08 bits per heavy atom. The summed E-state index contributed by atoms with van der Waals surface area (Å²) in [5.74, 6) is -0.927. The van der Waals surface area contributed by atoms with Crippen LogP contribution in [0.3, 0.4) is 0 Å². The molecule has 0 saturated heterocycles. The lowest BCUT2D eigenvalue weighted by Crippen LogP contribution is -2.32. The van der Waals surface area contributed by atoms with Gasteiger partial charge in [-0.25, -0.2) is 0 Å². The smallest absolute Gasteiger partial charge is 0.285 e. The highest BCUT2D eigenvalue weighted by molar-refractivity contribution is 6.20. The van der Waals surface area contributed by atoms with Crippen LogP contribution < -0.4 is 0 Å². The number of rotatable bonds is 7. The van der Waals surface area contributed by atoms with Crippen molar-refractivity contribution in [2.45, 2.75) is 6.10 Å². The van der Waals surface area contributed by atoms with E-state index in [9.17, 15) is 9.59 Å². The Bertz CT molecular complexity index is 696. The summed E-state index contributed by atoms with van der Waals surface area (Å²) in [7, 11) is 1.52. The molecule has 0 spiro atoms. The van der Waals surface area contributed by atoms with Crippen molar-refractivity contribution in [3.8, 4) is 0 Å². The lowest BCUT2D eigenvalue weighted by Gasteiger charge is -2.20. The highest BCUT2D eigenvalue weighted by Crippen LogP contribution is 2.24. The molecule has 0 N–H and O–H groups in total. The minimum atomic E-state index is -0.464. The normalized spacial score (nSPS) is 14.8. The minimum absolute atomic E-state index is 0.0127. The van der Waals surface area contributed by atoms with Gasteiger partial charge in [-0.2, -0.15) is 0 Å². The summed E-state index contributed by atoms with van der Waals surface area (Å²) < 4.78 is 10.5. The Hall–Kier alpha value is -2.54. The molecule has 2 amide bonds. The monoisotopic (exact) mass is 327 g/mol. The van der Waals surface area contributed by atoms with Crippen molar-refractivity contribution in [1.82, 2.24) is 5.06 Å². The van der Waals surface area contributed by atoms with Crippen LogP contribution >= 0.6 is 0 Å². The highest BCUT2D eigenvalue weighted by atomic mass is 16.7. The Morgan fingerprint density at radius 1 is 0.917 bits per heavy atom. The molecule has 2 aromatic rings. The Labute approximate surface area is 139 Å². The number of hydroxylamine groups is 2. The van der Waals surface area contributed by atoms with Gasteiger partial charge in [0.1, 0.15) is 19.5 Å². The van der Waals surface area contributed by atoms with E-state index in [0.717, 1.165) is 10.6 Å². The summed E-state index contributed by atoms with van der Waals surface area (Å²) in [5, 5.41) is 0.788. The summed E-state index contributed by atoms with van der Waals surface area (Å²) in [4.78, 5) is 30.0. The Morgan fingerprint density at radius 2 is 1.50 bits per heavy atom. The van der Waals surface area contributed by atoms with Gasteiger partial charge in [0.2, 0.25) is 0 Å². The third-order valence-electron chi connectivity index (χ3n) is 3.67. The molecule has 1 aliphatic rings. The van der Waals surface area contributed by atoms with Gasteiger partial charge in [0, 0.05) is 7.11 Å². The molecule has 24 heavy (non-hydrogen) atoms. The third-order valence-corrected chi connectivity index (χ3v) is 3.67. The van der Waals surface area contributed by atoms with E-state index in [4.69, 9.17) is 14.3 Å². The van der Waals surface area contributed by atoms with Crippen LogP contribution in [0, 0.1) is 0 Å². The van der Waals surface area contributed by atoms with E-state index in [0.29, 0.717) is 11.1 Å². The quantitative estimate of drug-likeness (QED) is 0.578. The molecule has 1 atom stereocenters. The molecule has 1 heterocycles. The maximum Gasteiger partial charge on any atom is 0.285 e. The van der Waals surface area contributed by atoms with Gasteiger partial charge in [0.25, 0.3) is 11.8 Å². The molecule has 3 rings (SSSR count). The van der Waals surface area contributed by atoms with Gasteiger partial charge in [-0.15, -0.1) is 5.06 Å². The highest BCUT2D eigenvalue weighted by Gasteiger charge is 2.37. The molecule has 0 saturated carbocycles. The summed E-state index contributed by atoms with van der Waals surface area (Å²) in [5.41, 5.74) is 1.55. The van der Waals surface area contributed by atoms with Crippen molar-refractivity contribution in [3.05, 3.63) is 71.3 Å². The van der Waals surface area contributed by atoms with Gasteiger partial charge >= 0.3 is 0 Å². The maximum absolute atomic E-state index is 12.3. The predicted octanol–water partition coefficient (Wildman–Crippen LogP) is 2.58. The number of methoxy groups -OCH3 is 1. The number of ether oxygens (including phenoxy) is 2. The Balaban J connectivity index is 1.71. The lowest BCUT2D eigenvalue weighted by atomic mass is 10.1. The topological polar surface area (TPSA) is 65.1 Å². The van der Waals surface area contributed by atoms with Crippen LogP contribution in [0.25, 0.3) is 0 Å². The standard InChI is InChI=1S/C18H17NO5/c1-22-12-23-16(13-7-3-2-4-8-13)11-24-19-17(20)14-9-5-6-10-15(14)18(19)21/h2-10,16H,11-12H2,1H3/t16-/m0/s1. The number of imide groups is 1. The van der Waals surface area contributed by atoms with E-state index in [1.807, 2.05) is 30.3 Å². The number of carbonyl (C=O) groups excluding carboxylic acids is 2. The number of benzene rings is 2. The molecular weight excluding hydrogens is 310 g/mol. The van der Waals surface area contributed by atoms with Crippen molar-refractivity contribution < 1.29 is 23.9 Å². The average molecular weight is 327 g/mol. The van der Waals surface area contributed by atoms with E-state index in [2.05, 4.69) is 0 Å². The fraction of sp³-hybridized carbons (Fsp3) is 0.222. The van der Waals surface area contributed by atoms with Crippen LogP contribution in [-0.4, -0.2) is 37.4 Å². The van der Waals surface area contributed by atoms with Crippen LogP contribution in [0.4, 0.5) is 0 Å². The van der Waals surface area contributed by atoms with Crippen molar-refractivity contribution in [3.63, 3.8) is 0 Å². The minimum Gasteiger partial charge on any atom is -0.359 e. The maximum atomic E-state index is 12.3. The van der Waals surface area contributed by atoms with Gasteiger partial charge in [-0.1, -0.05) is 42.5 Å². The molecule has 0 radical (unpaired) electrons. The van der Waals surface area contributed by atoms with Crippen LogP contribution in [0.1, 0.15) is 32.4 Å². The van der Waals surface area contributed by atoms with Crippen molar-refractivity contribution in [2.24, 2.45) is 0 Å². The summed E-state index contributed by atoms with van der Waals surface area (Å²) >= 11 is 0. The number of hydrogen-bond acceptors (Lipinski definition) is 5. The number of carbonyl (C=O) groups is 2. The zero-order valence-corrected chi connectivity index (χ0v) is 13.2. The Kier molecular flexibility index (Phi) is 5.00.